The fraction of sp³-hybridized carbons (Fsp3) is 0.200. The van der Waals surface area contributed by atoms with E-state index >= 15 is 0 Å². The summed E-state index contributed by atoms with van der Waals surface area (Å²) in [6, 6.07) is 12.1. The number of hydrogen-bond acceptors (Lipinski definition) is 2. The largest absolute Gasteiger partial charge is 0.256 e. The fourth-order valence-corrected chi connectivity index (χ4v) is 1.86. The van der Waals surface area contributed by atoms with Crippen molar-refractivity contribution in [3.63, 3.8) is 0 Å². The maximum atomic E-state index is 11.7. The molecule has 25 heavy (non-hydrogen) atoms. The summed E-state index contributed by atoms with van der Waals surface area (Å²) < 4.78 is 72.8. The molecule has 3 aromatic rings. The molecule has 0 radical (unpaired) electrons. The molecule has 0 saturated heterocycles. The van der Waals surface area contributed by atoms with Crippen molar-refractivity contribution in [2.75, 3.05) is 0 Å². The number of nitrogens with zero attached hydrogens (tertiary/aromatic N) is 2. The minimum absolute atomic E-state index is 0.999. The Balaban J connectivity index is 0.000000188. The Labute approximate surface area is 144 Å². The van der Waals surface area contributed by atoms with Gasteiger partial charge in [0.15, 0.2) is 0 Å². The van der Waals surface area contributed by atoms with Crippen LogP contribution in [0.3, 0.4) is 0 Å². The third-order valence-corrected chi connectivity index (χ3v) is 3.56. The molecule has 0 atom stereocenters. The number of pyridine rings is 2. The number of fused-ring (bicyclic) bond motifs is 3. The van der Waals surface area contributed by atoms with Crippen LogP contribution in [0.5, 0.6) is 0 Å². The smallest absolute Gasteiger partial charge is 0.0795 e. The molecule has 0 spiro atoms. The number of benzene rings is 1. The van der Waals surface area contributed by atoms with Crippen LogP contribution in [-0.2, 0) is 16.0 Å². The Hall–Kier alpha value is -1.93. The van der Waals surface area contributed by atoms with Gasteiger partial charge in [0.2, 0.25) is 0 Å². The van der Waals surface area contributed by atoms with E-state index in [9.17, 15) is 30.7 Å². The minimum atomic E-state index is -6.11. The van der Waals surface area contributed by atoms with Crippen molar-refractivity contribution in [3.05, 3.63) is 48.8 Å². The van der Waals surface area contributed by atoms with Crippen molar-refractivity contribution in [1.29, 1.82) is 0 Å². The third-order valence-electron chi connectivity index (χ3n) is 3.02. The van der Waals surface area contributed by atoms with Gasteiger partial charge < -0.3 is 0 Å². The van der Waals surface area contributed by atoms with Gasteiger partial charge in [0.25, 0.3) is 0 Å². The molecular formula is C15H8CuF7N2. The summed E-state index contributed by atoms with van der Waals surface area (Å²) in [6.07, 6.45) is -8.59. The second kappa shape index (κ2) is 6.76. The first-order valence-electron chi connectivity index (χ1n) is 6.51. The van der Waals surface area contributed by atoms with Crippen LogP contribution in [0.25, 0.3) is 21.8 Å². The van der Waals surface area contributed by atoms with Crippen LogP contribution in [0, 0.1) is 0 Å². The van der Waals surface area contributed by atoms with Gasteiger partial charge >= 0.3 is 63.7 Å². The van der Waals surface area contributed by atoms with Crippen LogP contribution in [0.4, 0.5) is 30.7 Å². The normalized spacial score (nSPS) is 12.8. The molecule has 3 rings (SSSR count). The van der Waals surface area contributed by atoms with Gasteiger partial charge in [-0.05, 0) is 24.3 Å². The first-order chi connectivity index (χ1) is 11.4. The van der Waals surface area contributed by atoms with Gasteiger partial charge in [-0.1, -0.05) is 12.1 Å². The molecular weight excluding hydrogens is 405 g/mol. The van der Waals surface area contributed by atoms with Crippen LogP contribution in [0.1, 0.15) is 0 Å². The zero-order valence-electron chi connectivity index (χ0n) is 12.0. The average molecular weight is 413 g/mol. The van der Waals surface area contributed by atoms with Crippen LogP contribution in [-0.4, -0.2) is 26.9 Å². The van der Waals surface area contributed by atoms with Crippen molar-refractivity contribution in [2.24, 2.45) is 0 Å². The van der Waals surface area contributed by atoms with Crippen LogP contribution in [0.15, 0.2) is 48.8 Å². The summed E-state index contributed by atoms with van der Waals surface area (Å²) in [4.78, 5) is 8.66. The van der Waals surface area contributed by atoms with Crippen LogP contribution in [0.2, 0.25) is 0 Å². The van der Waals surface area contributed by atoms with Gasteiger partial charge in [0.1, 0.15) is 0 Å². The van der Waals surface area contributed by atoms with Crippen molar-refractivity contribution < 1.29 is 46.7 Å². The quantitative estimate of drug-likeness (QED) is 0.291. The predicted molar refractivity (Wildman–Crippen MR) is 73.0 cm³/mol. The van der Waals surface area contributed by atoms with E-state index in [0.29, 0.717) is 0 Å². The Bertz CT molecular complexity index is 804. The second-order valence-corrected chi connectivity index (χ2v) is 5.38. The summed E-state index contributed by atoms with van der Waals surface area (Å²) in [5.41, 5.74) is 2.02. The molecule has 0 saturated carbocycles. The molecule has 0 N–H and O–H groups in total. The second-order valence-electron chi connectivity index (χ2n) is 4.73. The van der Waals surface area contributed by atoms with Crippen molar-refractivity contribution in [2.45, 2.75) is 16.9 Å². The van der Waals surface area contributed by atoms with E-state index in [1.807, 2.05) is 24.4 Å². The number of alkyl halides is 7. The van der Waals surface area contributed by atoms with E-state index in [2.05, 4.69) is 44.2 Å². The van der Waals surface area contributed by atoms with Crippen molar-refractivity contribution in [1.82, 2.24) is 9.97 Å². The zero-order valence-corrected chi connectivity index (χ0v) is 12.9. The number of aromatic nitrogens is 2. The van der Waals surface area contributed by atoms with Gasteiger partial charge in [-0.3, -0.25) is 9.97 Å². The molecule has 0 fully saturated rings. The number of hydrogen-bond donors (Lipinski definition) is 0. The van der Waals surface area contributed by atoms with Gasteiger partial charge in [0, 0.05) is 23.2 Å². The first kappa shape index (κ1) is 19.4. The number of rotatable bonds is 0. The maximum Gasteiger partial charge on any atom is 0.0795 e. The molecule has 0 aliphatic carbocycles. The number of halogens is 7. The molecule has 0 aliphatic rings. The molecule has 2 aromatic heterocycles. The fourth-order valence-electron chi connectivity index (χ4n) is 1.86. The van der Waals surface area contributed by atoms with Gasteiger partial charge in [-0.25, -0.2) is 0 Å². The monoisotopic (exact) mass is 412 g/mol. The molecule has 2 nitrogen and oxygen atoms in total. The molecule has 1 aromatic carbocycles. The molecule has 2 heterocycles. The van der Waals surface area contributed by atoms with E-state index < -0.39 is 16.9 Å². The summed E-state index contributed by atoms with van der Waals surface area (Å²) in [6.45, 7) is 0. The molecule has 0 unspecified atom stereocenters. The van der Waals surface area contributed by atoms with Crippen LogP contribution >= 0.6 is 0 Å². The Morgan fingerprint density at radius 1 is 0.720 bits per heavy atom. The molecule has 10 heteroatoms. The molecule has 0 bridgehead atoms. The summed E-state index contributed by atoms with van der Waals surface area (Å²) in [5, 5.41) is 2.28. The predicted octanol–water partition coefficient (Wildman–Crippen LogP) is 5.11. The van der Waals surface area contributed by atoms with Gasteiger partial charge in [0.05, 0.1) is 11.0 Å². The SMILES string of the molecule is FC(F)(F)[C](F)([Cu])C(F)(F)F.c1cnc2c(c1)ccc1ncccc12. The summed E-state index contributed by atoms with van der Waals surface area (Å²) in [7, 11) is 0. The van der Waals surface area contributed by atoms with E-state index in [1.165, 1.54) is 0 Å². The third kappa shape index (κ3) is 4.01. The summed E-state index contributed by atoms with van der Waals surface area (Å²) >= 11 is 2.86. The Kier molecular flexibility index (Phi) is 5.24. The van der Waals surface area contributed by atoms with E-state index in [1.54, 1.807) is 6.20 Å². The molecule has 138 valence electrons. The Morgan fingerprint density at radius 2 is 1.28 bits per heavy atom. The minimum Gasteiger partial charge on any atom is -0.256 e. The summed E-state index contributed by atoms with van der Waals surface area (Å²) in [5.74, 6) is 0. The Morgan fingerprint density at radius 3 is 1.84 bits per heavy atom. The standard InChI is InChI=1S/C12H8N2.C3F7.Cu/c1-3-9-5-6-11-10(4-2-7-13-11)12(9)14-8-1;4-1(2(5,6)7)3(8,9)10;/h1-8H;;. The van der Waals surface area contributed by atoms with E-state index in [0.717, 1.165) is 21.8 Å². The van der Waals surface area contributed by atoms with Gasteiger partial charge in [-0.2, -0.15) is 0 Å². The topological polar surface area (TPSA) is 25.8 Å². The average Bonchev–Trinajstić information content (AvgIpc) is 2.53. The first-order valence-corrected chi connectivity index (χ1v) is 6.98. The van der Waals surface area contributed by atoms with Crippen molar-refractivity contribution in [3.8, 4) is 0 Å². The zero-order chi connectivity index (χ0) is 18.9. The maximum absolute atomic E-state index is 11.7. The molecule has 0 aliphatic heterocycles. The molecule has 0 amide bonds. The van der Waals surface area contributed by atoms with E-state index in [4.69, 9.17) is 0 Å². The van der Waals surface area contributed by atoms with Gasteiger partial charge in [-0.15, -0.1) is 0 Å². The van der Waals surface area contributed by atoms with Crippen LogP contribution < -0.4 is 0 Å². The van der Waals surface area contributed by atoms with Crippen molar-refractivity contribution >= 4 is 21.8 Å². The van der Waals surface area contributed by atoms with E-state index in [-0.39, 0.29) is 0 Å².